The first kappa shape index (κ1) is 15.1. The number of nitrogens with one attached hydrogen (secondary N) is 1. The Morgan fingerprint density at radius 3 is 2.52 bits per heavy atom. The molecule has 0 unspecified atom stereocenters. The largest absolute Gasteiger partial charge is 0.399 e. The summed E-state index contributed by atoms with van der Waals surface area (Å²) < 4.78 is 0. The number of benzene rings is 2. The molecule has 4 rings (SSSR count). The maximum Gasteiger partial charge on any atom is 0.272 e. The highest BCUT2D eigenvalue weighted by molar-refractivity contribution is 5.83. The van der Waals surface area contributed by atoms with Gasteiger partial charge in [-0.2, -0.15) is 5.10 Å². The lowest BCUT2D eigenvalue weighted by atomic mass is 10.0. The van der Waals surface area contributed by atoms with E-state index in [1.165, 1.54) is 0 Å². The lowest BCUT2D eigenvalue weighted by Gasteiger charge is -2.07. The SMILES string of the molecule is Nc1ccc(-c2cc(Cc3n[nH]c(=O)c4ccccc34)ccn2)cc1. The van der Waals surface area contributed by atoms with Crippen LogP contribution < -0.4 is 11.3 Å². The minimum atomic E-state index is -0.170. The summed E-state index contributed by atoms with van der Waals surface area (Å²) in [5.74, 6) is 0. The van der Waals surface area contributed by atoms with Crippen molar-refractivity contribution in [2.75, 3.05) is 5.73 Å². The molecule has 0 fully saturated rings. The Balaban J connectivity index is 1.73. The third kappa shape index (κ3) is 2.99. The monoisotopic (exact) mass is 328 g/mol. The van der Waals surface area contributed by atoms with Crippen molar-refractivity contribution < 1.29 is 0 Å². The minimum Gasteiger partial charge on any atom is -0.399 e. The summed E-state index contributed by atoms with van der Waals surface area (Å²) in [4.78, 5) is 16.4. The van der Waals surface area contributed by atoms with Crippen molar-refractivity contribution in [3.05, 3.63) is 88.5 Å². The molecule has 2 heterocycles. The summed E-state index contributed by atoms with van der Waals surface area (Å²) in [6.45, 7) is 0. The van der Waals surface area contributed by atoms with E-state index in [1.807, 2.05) is 60.7 Å². The fourth-order valence-electron chi connectivity index (χ4n) is 2.90. The molecule has 5 heteroatoms. The molecule has 25 heavy (non-hydrogen) atoms. The molecular weight excluding hydrogens is 312 g/mol. The van der Waals surface area contributed by atoms with Gasteiger partial charge in [0.2, 0.25) is 0 Å². The van der Waals surface area contributed by atoms with Crippen LogP contribution in [0.2, 0.25) is 0 Å². The fourth-order valence-corrected chi connectivity index (χ4v) is 2.90. The van der Waals surface area contributed by atoms with Crippen LogP contribution >= 0.6 is 0 Å². The van der Waals surface area contributed by atoms with Crippen LogP contribution in [0.4, 0.5) is 5.69 Å². The van der Waals surface area contributed by atoms with Gasteiger partial charge in [-0.05, 0) is 35.9 Å². The smallest absolute Gasteiger partial charge is 0.272 e. The number of fused-ring (bicyclic) bond motifs is 1. The minimum absolute atomic E-state index is 0.170. The van der Waals surface area contributed by atoms with E-state index in [4.69, 9.17) is 5.73 Å². The van der Waals surface area contributed by atoms with Gasteiger partial charge in [0.15, 0.2) is 0 Å². The lowest BCUT2D eigenvalue weighted by Crippen LogP contribution is -2.11. The number of nitrogen functional groups attached to an aromatic ring is 1. The Labute approximate surface area is 144 Å². The second-order valence-electron chi connectivity index (χ2n) is 5.89. The Morgan fingerprint density at radius 2 is 1.72 bits per heavy atom. The first-order chi connectivity index (χ1) is 12.2. The van der Waals surface area contributed by atoms with Gasteiger partial charge in [-0.1, -0.05) is 30.3 Å². The predicted molar refractivity (Wildman–Crippen MR) is 99.3 cm³/mol. The molecule has 0 radical (unpaired) electrons. The maximum absolute atomic E-state index is 11.9. The van der Waals surface area contributed by atoms with Crippen LogP contribution in [0.5, 0.6) is 0 Å². The molecule has 0 atom stereocenters. The first-order valence-electron chi connectivity index (χ1n) is 7.98. The zero-order valence-electron chi connectivity index (χ0n) is 13.4. The molecular formula is C20H16N4O. The second-order valence-corrected chi connectivity index (χ2v) is 5.89. The molecule has 0 saturated heterocycles. The molecule has 5 nitrogen and oxygen atoms in total. The molecule has 0 aliphatic carbocycles. The van der Waals surface area contributed by atoms with Gasteiger partial charge in [-0.25, -0.2) is 5.10 Å². The van der Waals surface area contributed by atoms with Crippen LogP contribution in [0.3, 0.4) is 0 Å². The summed E-state index contributed by atoms with van der Waals surface area (Å²) in [5, 5.41) is 8.35. The number of rotatable bonds is 3. The summed E-state index contributed by atoms with van der Waals surface area (Å²) >= 11 is 0. The highest BCUT2D eigenvalue weighted by atomic mass is 16.1. The molecule has 3 N–H and O–H groups in total. The Kier molecular flexibility index (Phi) is 3.74. The van der Waals surface area contributed by atoms with Gasteiger partial charge >= 0.3 is 0 Å². The van der Waals surface area contributed by atoms with E-state index in [1.54, 1.807) is 6.20 Å². The molecule has 0 saturated carbocycles. The van der Waals surface area contributed by atoms with E-state index in [2.05, 4.69) is 15.2 Å². The number of pyridine rings is 1. The molecule has 0 spiro atoms. The van der Waals surface area contributed by atoms with Crippen molar-refractivity contribution in [1.82, 2.24) is 15.2 Å². The van der Waals surface area contributed by atoms with Gasteiger partial charge in [0.25, 0.3) is 5.56 Å². The van der Waals surface area contributed by atoms with Gasteiger partial charge in [0.1, 0.15) is 0 Å². The average molecular weight is 328 g/mol. The van der Waals surface area contributed by atoms with E-state index < -0.39 is 0 Å². The number of aromatic nitrogens is 3. The summed E-state index contributed by atoms with van der Waals surface area (Å²) in [5.41, 5.74) is 10.1. The highest BCUT2D eigenvalue weighted by Crippen LogP contribution is 2.21. The van der Waals surface area contributed by atoms with Gasteiger partial charge in [0.05, 0.1) is 16.8 Å². The lowest BCUT2D eigenvalue weighted by molar-refractivity contribution is 0.933. The number of hydrogen-bond acceptors (Lipinski definition) is 4. The van der Waals surface area contributed by atoms with E-state index in [-0.39, 0.29) is 5.56 Å². The molecule has 0 aliphatic rings. The first-order valence-corrected chi connectivity index (χ1v) is 7.98. The number of nitrogens with zero attached hydrogens (tertiary/aromatic N) is 2. The third-order valence-electron chi connectivity index (χ3n) is 4.18. The topological polar surface area (TPSA) is 84.7 Å². The third-order valence-corrected chi connectivity index (χ3v) is 4.18. The maximum atomic E-state index is 11.9. The van der Waals surface area contributed by atoms with Gasteiger partial charge in [-0.3, -0.25) is 9.78 Å². The van der Waals surface area contributed by atoms with Gasteiger partial charge in [0, 0.05) is 29.3 Å². The van der Waals surface area contributed by atoms with Crippen LogP contribution in [0.15, 0.2) is 71.7 Å². The van der Waals surface area contributed by atoms with Crippen LogP contribution in [-0.4, -0.2) is 15.2 Å². The van der Waals surface area contributed by atoms with Gasteiger partial charge < -0.3 is 5.73 Å². The van der Waals surface area contributed by atoms with Crippen LogP contribution in [0.1, 0.15) is 11.3 Å². The zero-order valence-corrected chi connectivity index (χ0v) is 13.4. The van der Waals surface area contributed by atoms with E-state index >= 15 is 0 Å². The Hall–Kier alpha value is -3.47. The summed E-state index contributed by atoms with van der Waals surface area (Å²) in [6, 6.07) is 19.1. The van der Waals surface area contributed by atoms with Crippen molar-refractivity contribution in [2.45, 2.75) is 6.42 Å². The van der Waals surface area contributed by atoms with Crippen molar-refractivity contribution in [1.29, 1.82) is 0 Å². The van der Waals surface area contributed by atoms with Gasteiger partial charge in [-0.15, -0.1) is 0 Å². The summed E-state index contributed by atoms with van der Waals surface area (Å²) in [7, 11) is 0. The standard InChI is InChI=1S/C20H16N4O/c21-15-7-5-14(6-8-15)18-11-13(9-10-22-18)12-19-16-3-1-2-4-17(16)20(25)24-23-19/h1-11H,12,21H2,(H,24,25). The number of aromatic amines is 1. The predicted octanol–water partition coefficient (Wildman–Crippen LogP) is 3.16. The van der Waals surface area contributed by atoms with E-state index in [0.29, 0.717) is 11.8 Å². The normalized spacial score (nSPS) is 10.9. The van der Waals surface area contributed by atoms with Crippen LogP contribution in [0, 0.1) is 0 Å². The number of nitrogens with two attached hydrogens (primary N) is 1. The van der Waals surface area contributed by atoms with E-state index in [9.17, 15) is 4.79 Å². The Bertz CT molecular complexity index is 1100. The second kappa shape index (κ2) is 6.20. The highest BCUT2D eigenvalue weighted by Gasteiger charge is 2.08. The fraction of sp³-hybridized carbons (Fsp3) is 0.0500. The quantitative estimate of drug-likeness (QED) is 0.566. The van der Waals surface area contributed by atoms with E-state index in [0.717, 1.165) is 33.6 Å². The van der Waals surface area contributed by atoms with Crippen molar-refractivity contribution in [3.8, 4) is 11.3 Å². The molecule has 122 valence electrons. The number of hydrogen-bond donors (Lipinski definition) is 2. The molecule has 0 amide bonds. The molecule has 2 aromatic carbocycles. The Morgan fingerprint density at radius 1 is 0.960 bits per heavy atom. The molecule has 2 aromatic heterocycles. The molecule has 4 aromatic rings. The van der Waals surface area contributed by atoms with Crippen LogP contribution in [-0.2, 0) is 6.42 Å². The number of anilines is 1. The van der Waals surface area contributed by atoms with Crippen molar-refractivity contribution in [3.63, 3.8) is 0 Å². The molecule has 0 aliphatic heterocycles. The van der Waals surface area contributed by atoms with Crippen LogP contribution in [0.25, 0.3) is 22.0 Å². The summed E-state index contributed by atoms with van der Waals surface area (Å²) in [6.07, 6.45) is 2.40. The van der Waals surface area contributed by atoms with Crippen molar-refractivity contribution >= 4 is 16.5 Å². The average Bonchev–Trinajstić information content (AvgIpc) is 2.65. The number of H-pyrrole nitrogens is 1. The molecule has 0 bridgehead atoms. The van der Waals surface area contributed by atoms with Crippen molar-refractivity contribution in [2.24, 2.45) is 0 Å². The zero-order chi connectivity index (χ0) is 17.2.